The average Bonchev–Trinajstić information content (AvgIpc) is 3.27. The Morgan fingerprint density at radius 3 is 2.53 bits per heavy atom. The van der Waals surface area contributed by atoms with Crippen molar-refractivity contribution in [1.29, 1.82) is 0 Å². The third kappa shape index (κ3) is 6.14. The summed E-state index contributed by atoms with van der Waals surface area (Å²) in [5.74, 6) is -3.37. The van der Waals surface area contributed by atoms with Crippen molar-refractivity contribution in [3.63, 3.8) is 0 Å². The van der Waals surface area contributed by atoms with Crippen molar-refractivity contribution in [2.75, 3.05) is 13.2 Å². The number of carbonyl (C=O) groups excluding carboxylic acids is 4. The van der Waals surface area contributed by atoms with E-state index in [1.807, 2.05) is 19.1 Å². The SMILES string of the molecule is C[C@]12C=CC(=O)C=C1CC[C@@H]1[C@@H]2[C@@H](O)C[C@@]2(C)[C@H]1CC[C@]2(O)C(=O)COC(=O)CCC(=O)NC[C@H](CC(=O)O)c1ccccc1. The van der Waals surface area contributed by atoms with Gasteiger partial charge in [-0.15, -0.1) is 0 Å². The first-order valence-electron chi connectivity index (χ1n) is 15.9. The number of allylic oxidation sites excluding steroid dienone is 4. The number of aliphatic hydroxyl groups excluding tert-OH is 1. The fourth-order valence-corrected chi connectivity index (χ4v) is 8.91. The lowest BCUT2D eigenvalue weighted by atomic mass is 9.46. The number of carboxylic acid groups (broad SMARTS) is 1. The van der Waals surface area contributed by atoms with E-state index in [-0.39, 0.29) is 62.2 Å². The Morgan fingerprint density at radius 2 is 1.82 bits per heavy atom. The molecule has 4 aliphatic rings. The summed E-state index contributed by atoms with van der Waals surface area (Å²) in [6, 6.07) is 8.99. The summed E-state index contributed by atoms with van der Waals surface area (Å²) in [6.07, 6.45) is 6.23. The van der Waals surface area contributed by atoms with Crippen LogP contribution in [0.2, 0.25) is 0 Å². The van der Waals surface area contributed by atoms with E-state index in [0.717, 1.165) is 24.0 Å². The molecule has 8 atom stereocenters. The summed E-state index contributed by atoms with van der Waals surface area (Å²) >= 11 is 0. The molecule has 0 saturated heterocycles. The van der Waals surface area contributed by atoms with Crippen LogP contribution in [0.25, 0.3) is 0 Å². The number of fused-ring (bicyclic) bond motifs is 5. The van der Waals surface area contributed by atoms with Crippen LogP contribution in [-0.4, -0.2) is 69.6 Å². The molecule has 45 heavy (non-hydrogen) atoms. The number of aliphatic carboxylic acids is 1. The van der Waals surface area contributed by atoms with Crippen LogP contribution < -0.4 is 5.32 Å². The highest BCUT2D eigenvalue weighted by Crippen LogP contribution is 2.67. The van der Waals surface area contributed by atoms with Gasteiger partial charge in [-0.1, -0.05) is 55.8 Å². The molecule has 1 aromatic rings. The second-order valence-electron chi connectivity index (χ2n) is 13.7. The third-order valence-electron chi connectivity index (χ3n) is 11.3. The van der Waals surface area contributed by atoms with Crippen LogP contribution in [0.15, 0.2) is 54.1 Å². The first kappa shape index (κ1) is 32.8. The topological polar surface area (TPSA) is 167 Å². The average molecular weight is 622 g/mol. The molecule has 242 valence electrons. The Labute approximate surface area is 262 Å². The first-order chi connectivity index (χ1) is 21.3. The summed E-state index contributed by atoms with van der Waals surface area (Å²) in [5, 5.41) is 35.3. The van der Waals surface area contributed by atoms with Crippen LogP contribution in [0.5, 0.6) is 0 Å². The van der Waals surface area contributed by atoms with Gasteiger partial charge in [-0.3, -0.25) is 24.0 Å². The van der Waals surface area contributed by atoms with Crippen LogP contribution in [0.1, 0.15) is 76.7 Å². The quantitative estimate of drug-likeness (QED) is 0.271. The molecular formula is C35H43NO9. The van der Waals surface area contributed by atoms with E-state index in [0.29, 0.717) is 6.42 Å². The fourth-order valence-electron chi connectivity index (χ4n) is 8.91. The second-order valence-corrected chi connectivity index (χ2v) is 13.7. The van der Waals surface area contributed by atoms with E-state index in [1.165, 1.54) is 0 Å². The Kier molecular flexibility index (Phi) is 9.20. The van der Waals surface area contributed by atoms with Gasteiger partial charge >= 0.3 is 11.9 Å². The van der Waals surface area contributed by atoms with E-state index >= 15 is 0 Å². The zero-order chi connectivity index (χ0) is 32.6. The molecule has 0 bridgehead atoms. The number of ketones is 2. The van der Waals surface area contributed by atoms with Crippen molar-refractivity contribution in [3.05, 3.63) is 59.7 Å². The number of Topliss-reactive ketones (excluding diaryl/α,β-unsaturated/α-hetero) is 1. The number of amides is 1. The van der Waals surface area contributed by atoms with Gasteiger partial charge in [0.05, 0.1) is 18.9 Å². The number of hydrogen-bond donors (Lipinski definition) is 4. The number of carboxylic acids is 1. The van der Waals surface area contributed by atoms with Crippen molar-refractivity contribution in [2.24, 2.45) is 28.6 Å². The lowest BCUT2D eigenvalue weighted by Gasteiger charge is -2.59. The number of esters is 1. The first-order valence-corrected chi connectivity index (χ1v) is 15.9. The van der Waals surface area contributed by atoms with Gasteiger partial charge in [0.25, 0.3) is 0 Å². The van der Waals surface area contributed by atoms with E-state index in [1.54, 1.807) is 36.4 Å². The van der Waals surface area contributed by atoms with E-state index in [9.17, 15) is 39.3 Å². The molecule has 1 aromatic carbocycles. The number of nitrogens with one attached hydrogen (secondary N) is 1. The van der Waals surface area contributed by atoms with Crippen molar-refractivity contribution in [1.82, 2.24) is 5.32 Å². The van der Waals surface area contributed by atoms with Crippen LogP contribution >= 0.6 is 0 Å². The maximum absolute atomic E-state index is 13.5. The van der Waals surface area contributed by atoms with Crippen LogP contribution in [0, 0.1) is 28.6 Å². The Bertz CT molecular complexity index is 1420. The van der Waals surface area contributed by atoms with Gasteiger partial charge in [-0.25, -0.2) is 0 Å². The maximum atomic E-state index is 13.5. The van der Waals surface area contributed by atoms with Crippen molar-refractivity contribution >= 4 is 29.4 Å². The van der Waals surface area contributed by atoms with Crippen LogP contribution in [-0.2, 0) is 28.7 Å². The molecule has 4 N–H and O–H groups in total. The molecule has 10 nitrogen and oxygen atoms in total. The normalized spacial score (nSPS) is 34.0. The Morgan fingerprint density at radius 1 is 1.09 bits per heavy atom. The monoisotopic (exact) mass is 621 g/mol. The van der Waals surface area contributed by atoms with Gasteiger partial charge < -0.3 is 25.4 Å². The van der Waals surface area contributed by atoms with Crippen molar-refractivity contribution in [3.8, 4) is 0 Å². The molecule has 3 saturated carbocycles. The minimum absolute atomic E-state index is 0.0236. The molecule has 0 radical (unpaired) electrons. The zero-order valence-electron chi connectivity index (χ0n) is 25.9. The highest BCUT2D eigenvalue weighted by atomic mass is 16.5. The maximum Gasteiger partial charge on any atom is 0.306 e. The summed E-state index contributed by atoms with van der Waals surface area (Å²) in [4.78, 5) is 61.7. The molecule has 0 unspecified atom stereocenters. The number of carbonyl (C=O) groups is 5. The molecule has 4 aliphatic carbocycles. The lowest BCUT2D eigenvalue weighted by molar-refractivity contribution is -0.181. The second kappa shape index (κ2) is 12.6. The van der Waals surface area contributed by atoms with Crippen molar-refractivity contribution < 1.29 is 44.0 Å². The number of rotatable bonds is 11. The standard InChI is InChI=1S/C35H43NO9/c1-33-14-12-24(37)17-23(33)8-9-25-26-13-15-35(44,34(26,2)18-27(38)32(25)33)28(39)20-45-31(43)11-10-29(40)36-19-22(16-30(41)42)21-6-4-3-5-7-21/h3-7,12,14,17,22,25-27,32,38,44H,8-11,13,15-16,18-20H2,1-2H3,(H,36,40)(H,41,42)/t22-,25-,26-,27-,32+,33-,34-,35-/m0/s1. The molecule has 0 heterocycles. The highest BCUT2D eigenvalue weighted by molar-refractivity contribution is 6.01. The molecule has 5 rings (SSSR count). The molecule has 0 spiro atoms. The van der Waals surface area contributed by atoms with Gasteiger partial charge in [-0.2, -0.15) is 0 Å². The number of ether oxygens (including phenoxy) is 1. The Hall–Kier alpha value is -3.63. The van der Waals surface area contributed by atoms with Gasteiger partial charge in [0, 0.05) is 35.6 Å². The fraction of sp³-hybridized carbons (Fsp3) is 0.571. The largest absolute Gasteiger partial charge is 0.481 e. The van der Waals surface area contributed by atoms with Crippen molar-refractivity contribution in [2.45, 2.75) is 82.8 Å². The minimum Gasteiger partial charge on any atom is -0.481 e. The van der Waals surface area contributed by atoms with Gasteiger partial charge in [0.2, 0.25) is 11.7 Å². The Balaban J connectivity index is 1.14. The minimum atomic E-state index is -1.77. The van der Waals surface area contributed by atoms with E-state index in [4.69, 9.17) is 4.74 Å². The molecule has 1 amide bonds. The lowest BCUT2D eigenvalue weighted by Crippen LogP contribution is -2.61. The van der Waals surface area contributed by atoms with Gasteiger partial charge in [-0.05, 0) is 61.7 Å². The molecule has 0 aromatic heterocycles. The molecule has 0 aliphatic heterocycles. The van der Waals surface area contributed by atoms with Crippen LogP contribution in [0.3, 0.4) is 0 Å². The predicted molar refractivity (Wildman–Crippen MR) is 163 cm³/mol. The summed E-state index contributed by atoms with van der Waals surface area (Å²) in [6.45, 7) is 3.38. The highest BCUT2D eigenvalue weighted by Gasteiger charge is 2.68. The number of hydrogen-bond acceptors (Lipinski definition) is 8. The third-order valence-corrected chi connectivity index (χ3v) is 11.3. The zero-order valence-corrected chi connectivity index (χ0v) is 25.9. The molecule has 3 fully saturated rings. The summed E-state index contributed by atoms with van der Waals surface area (Å²) in [7, 11) is 0. The van der Waals surface area contributed by atoms with Crippen LogP contribution in [0.4, 0.5) is 0 Å². The predicted octanol–water partition coefficient (Wildman–Crippen LogP) is 3.26. The van der Waals surface area contributed by atoms with Gasteiger partial charge in [0.15, 0.2) is 12.4 Å². The van der Waals surface area contributed by atoms with E-state index < -0.39 is 58.7 Å². The number of aliphatic hydroxyl groups is 2. The van der Waals surface area contributed by atoms with Gasteiger partial charge in [0.1, 0.15) is 5.60 Å². The number of benzene rings is 1. The summed E-state index contributed by atoms with van der Waals surface area (Å²) < 4.78 is 5.22. The smallest absolute Gasteiger partial charge is 0.306 e. The summed E-state index contributed by atoms with van der Waals surface area (Å²) in [5.41, 5.74) is -1.33. The molecular weight excluding hydrogens is 578 g/mol. The molecule has 10 heteroatoms. The van der Waals surface area contributed by atoms with E-state index in [2.05, 4.69) is 12.2 Å².